The molecule has 3 aromatic carbocycles. The zero-order valence-corrected chi connectivity index (χ0v) is 42.3. The molecule has 0 spiro atoms. The van der Waals surface area contributed by atoms with E-state index in [2.05, 4.69) is 26.1 Å². The van der Waals surface area contributed by atoms with Crippen molar-refractivity contribution in [3.63, 3.8) is 0 Å². The molecule has 3 aliphatic heterocycles. The number of nitrogens with zero attached hydrogens (tertiary/aromatic N) is 5. The fourth-order valence-corrected chi connectivity index (χ4v) is 9.46. The lowest BCUT2D eigenvalue weighted by Gasteiger charge is -2.44. The number of anilines is 3. The largest absolute Gasteiger partial charge is 0.482 e. The minimum absolute atomic E-state index is 0.00174. The van der Waals surface area contributed by atoms with E-state index < -0.39 is 47.5 Å². The van der Waals surface area contributed by atoms with Gasteiger partial charge in [-0.15, -0.1) is 10.2 Å². The van der Waals surface area contributed by atoms with Gasteiger partial charge in [0.2, 0.25) is 17.7 Å². The molecule has 3 aliphatic rings. The number of rotatable bonds is 23. The highest BCUT2D eigenvalue weighted by Crippen LogP contribution is 2.36. The highest BCUT2D eigenvalue weighted by molar-refractivity contribution is 6.36. The van der Waals surface area contributed by atoms with E-state index in [1.165, 1.54) is 18.2 Å². The number of nitrogen functional groups attached to an aromatic ring is 1. The molecule has 0 aliphatic carbocycles. The number of halogens is 3. The van der Waals surface area contributed by atoms with Crippen LogP contribution in [0.15, 0.2) is 60.7 Å². The number of nitrogens with two attached hydrogens (primary N) is 1. The van der Waals surface area contributed by atoms with Crippen LogP contribution in [0.25, 0.3) is 0 Å². The number of hydrogen-bond acceptors (Lipinski definition) is 16. The molecule has 0 radical (unpaired) electrons. The van der Waals surface area contributed by atoms with Crippen molar-refractivity contribution in [1.29, 1.82) is 0 Å². The van der Waals surface area contributed by atoms with Gasteiger partial charge in [-0.1, -0.05) is 29.3 Å². The molecule has 74 heavy (non-hydrogen) atoms. The van der Waals surface area contributed by atoms with Crippen LogP contribution in [0.4, 0.5) is 21.6 Å². The molecule has 2 fully saturated rings. The predicted molar refractivity (Wildman–Crippen MR) is 267 cm³/mol. The third kappa shape index (κ3) is 13.3. The lowest BCUT2D eigenvalue weighted by Crippen LogP contribution is -2.59. The first kappa shape index (κ1) is 54.9. The summed E-state index contributed by atoms with van der Waals surface area (Å²) < 4.78 is 42.4. The molecule has 21 nitrogen and oxygen atoms in total. The Morgan fingerprint density at radius 3 is 2.16 bits per heavy atom. The SMILES string of the molecule is C[C@@H]1CN(C(=O)c2ccc(NC(=O)c3cc(O[C@H](C)c4c(Cl)ccc(F)c4Cl)c(N)nn3)cc2)C[C@H](C)N1C(=O)CCOCCOCCOCCOCCNc1cccc2c1C(=O)N(C1CCC(=O)NC1=O)C2=O. The van der Waals surface area contributed by atoms with Crippen LogP contribution in [0.2, 0.25) is 10.0 Å². The second-order valence-electron chi connectivity index (χ2n) is 17.5. The average molecular weight is 1060 g/mol. The van der Waals surface area contributed by atoms with Crippen molar-refractivity contribution >= 4 is 81.7 Å². The Labute approximate surface area is 435 Å². The molecule has 4 aromatic rings. The van der Waals surface area contributed by atoms with Gasteiger partial charge < -0.3 is 49.9 Å². The Morgan fingerprint density at radius 2 is 1.50 bits per heavy atom. The van der Waals surface area contributed by atoms with E-state index in [1.807, 2.05) is 13.8 Å². The molecule has 24 heteroatoms. The van der Waals surface area contributed by atoms with Gasteiger partial charge in [-0.05, 0) is 75.7 Å². The molecule has 4 atom stereocenters. The molecule has 7 rings (SSSR count). The van der Waals surface area contributed by atoms with E-state index in [9.17, 15) is 38.0 Å². The Bertz CT molecular complexity index is 2740. The summed E-state index contributed by atoms with van der Waals surface area (Å²) in [4.78, 5) is 94.6. The van der Waals surface area contributed by atoms with Gasteiger partial charge >= 0.3 is 0 Å². The summed E-state index contributed by atoms with van der Waals surface area (Å²) in [5.74, 6) is -4.01. The summed E-state index contributed by atoms with van der Waals surface area (Å²) in [6.45, 7) is 8.74. The van der Waals surface area contributed by atoms with Crippen molar-refractivity contribution in [2.75, 3.05) is 88.9 Å². The Balaban J connectivity index is 0.729. The molecule has 2 saturated heterocycles. The molecule has 394 valence electrons. The molecule has 4 heterocycles. The Morgan fingerprint density at radius 1 is 0.851 bits per heavy atom. The standard InChI is InChI=1S/C50H56Cl2FN9O12/c1-28-26-60(48(67)31-7-9-32(10-8-31)56-46(65)37-25-39(45(54)59-58-37)74-30(3)42-34(51)11-12-35(53)44(42)52)27-29(2)61(28)41(64)15-17-70-19-21-72-23-24-73-22-20-71-18-16-55-36-6-4-5-33-43(36)50(69)62(49(33)68)38-13-14-40(63)57-47(38)66/h4-12,25,28-30,38,55H,13-24,26-27H2,1-3H3,(H2,54,59)(H,56,65)(H,57,63,66)/t28-,29+,30-,38?/m1/s1. The first-order valence-corrected chi connectivity index (χ1v) is 24.6. The van der Waals surface area contributed by atoms with Gasteiger partial charge in [-0.2, -0.15) is 0 Å². The van der Waals surface area contributed by atoms with Gasteiger partial charge in [0.1, 0.15) is 18.0 Å². The summed E-state index contributed by atoms with van der Waals surface area (Å²) in [5, 5.41) is 15.7. The van der Waals surface area contributed by atoms with Crippen LogP contribution in [0, 0.1) is 5.82 Å². The maximum absolute atomic E-state index is 14.1. The van der Waals surface area contributed by atoms with E-state index >= 15 is 0 Å². The summed E-state index contributed by atoms with van der Waals surface area (Å²) in [7, 11) is 0. The topological polar surface area (TPSA) is 263 Å². The molecular formula is C50H56Cl2FN9O12. The molecule has 1 aromatic heterocycles. The summed E-state index contributed by atoms with van der Waals surface area (Å²) in [6.07, 6.45) is -0.582. The zero-order chi connectivity index (χ0) is 53.1. The van der Waals surface area contributed by atoms with Crippen LogP contribution in [-0.2, 0) is 33.3 Å². The van der Waals surface area contributed by atoms with E-state index in [4.69, 9.17) is 52.6 Å². The first-order chi connectivity index (χ1) is 35.5. The summed E-state index contributed by atoms with van der Waals surface area (Å²) in [6, 6.07) is 13.4. The van der Waals surface area contributed by atoms with E-state index in [0.717, 1.165) is 11.0 Å². The van der Waals surface area contributed by atoms with Crippen LogP contribution in [0.1, 0.15) is 93.3 Å². The number of ether oxygens (including phenoxy) is 5. The minimum Gasteiger partial charge on any atom is -0.482 e. The Hall–Kier alpha value is -6.82. The van der Waals surface area contributed by atoms with Gasteiger partial charge in [0, 0.05) is 71.7 Å². The van der Waals surface area contributed by atoms with Crippen LogP contribution >= 0.6 is 23.2 Å². The van der Waals surface area contributed by atoms with Crippen molar-refractivity contribution in [2.24, 2.45) is 0 Å². The van der Waals surface area contributed by atoms with Gasteiger partial charge in [0.05, 0.1) is 75.4 Å². The zero-order valence-electron chi connectivity index (χ0n) is 40.8. The number of piperidine rings is 1. The van der Waals surface area contributed by atoms with E-state index in [1.54, 1.807) is 53.1 Å². The second-order valence-corrected chi connectivity index (χ2v) is 18.3. The highest BCUT2D eigenvalue weighted by atomic mass is 35.5. The van der Waals surface area contributed by atoms with Crippen LogP contribution in [0.3, 0.4) is 0 Å². The lowest BCUT2D eigenvalue weighted by molar-refractivity contribution is -0.140. The van der Waals surface area contributed by atoms with Gasteiger partial charge in [0.25, 0.3) is 23.6 Å². The van der Waals surface area contributed by atoms with Crippen molar-refractivity contribution in [1.82, 2.24) is 30.2 Å². The third-order valence-corrected chi connectivity index (χ3v) is 13.0. The maximum atomic E-state index is 14.1. The number of carbonyl (C=O) groups excluding carboxylic acids is 7. The van der Waals surface area contributed by atoms with Crippen molar-refractivity contribution < 1.29 is 61.6 Å². The number of hydrogen-bond donors (Lipinski definition) is 4. The number of piperazine rings is 1. The molecule has 5 N–H and O–H groups in total. The molecule has 0 saturated carbocycles. The number of nitrogens with one attached hydrogen (secondary N) is 3. The van der Waals surface area contributed by atoms with Crippen LogP contribution in [-0.4, -0.2) is 157 Å². The normalized spacial score (nSPS) is 18.0. The number of imide groups is 2. The van der Waals surface area contributed by atoms with Crippen molar-refractivity contribution in [3.8, 4) is 5.75 Å². The maximum Gasteiger partial charge on any atom is 0.276 e. The smallest absolute Gasteiger partial charge is 0.276 e. The average Bonchev–Trinajstić information content (AvgIpc) is 3.62. The highest BCUT2D eigenvalue weighted by Gasteiger charge is 2.45. The minimum atomic E-state index is -1.04. The fourth-order valence-electron chi connectivity index (χ4n) is 8.78. The molecule has 1 unspecified atom stereocenters. The number of aromatic nitrogens is 2. The predicted octanol–water partition coefficient (Wildman–Crippen LogP) is 4.93. The first-order valence-electron chi connectivity index (χ1n) is 23.9. The summed E-state index contributed by atoms with van der Waals surface area (Å²) in [5.41, 5.74) is 7.61. The molecular weight excluding hydrogens is 1010 g/mol. The number of carbonyl (C=O) groups is 7. The number of benzene rings is 3. The van der Waals surface area contributed by atoms with Crippen LogP contribution in [0.5, 0.6) is 5.75 Å². The summed E-state index contributed by atoms with van der Waals surface area (Å²) >= 11 is 12.4. The monoisotopic (exact) mass is 1060 g/mol. The molecule has 0 bridgehead atoms. The third-order valence-electron chi connectivity index (χ3n) is 12.3. The quantitative estimate of drug-likeness (QED) is 0.0436. The lowest BCUT2D eigenvalue weighted by atomic mass is 10.0. The second kappa shape index (κ2) is 25.4. The van der Waals surface area contributed by atoms with Gasteiger partial charge in [0.15, 0.2) is 17.3 Å². The van der Waals surface area contributed by atoms with Crippen molar-refractivity contribution in [2.45, 2.75) is 64.3 Å². The molecule has 7 amide bonds. The number of fused-ring (bicyclic) bond motifs is 1. The van der Waals surface area contributed by atoms with E-state index in [0.29, 0.717) is 76.2 Å². The van der Waals surface area contributed by atoms with Crippen molar-refractivity contribution in [3.05, 3.63) is 104 Å². The van der Waals surface area contributed by atoms with E-state index in [-0.39, 0.29) is 100 Å². The van der Waals surface area contributed by atoms with Gasteiger partial charge in [-0.3, -0.25) is 43.8 Å². The number of amides is 7. The fraction of sp³-hybridized carbons (Fsp3) is 0.420. The Kier molecular flexibility index (Phi) is 18.9. The van der Waals surface area contributed by atoms with Crippen LogP contribution < -0.4 is 26.4 Å². The van der Waals surface area contributed by atoms with Gasteiger partial charge in [-0.25, -0.2) is 4.39 Å².